The van der Waals surface area contributed by atoms with E-state index in [-0.39, 0.29) is 5.88 Å². The summed E-state index contributed by atoms with van der Waals surface area (Å²) in [5.74, 6) is -1.32. The lowest BCUT2D eigenvalue weighted by molar-refractivity contribution is -0.391. The fraction of sp³-hybridized carbons (Fsp3) is 0.250. The van der Waals surface area contributed by atoms with Crippen LogP contribution >= 0.6 is 0 Å². The van der Waals surface area contributed by atoms with Gasteiger partial charge in [-0.2, -0.15) is 5.26 Å². The topological polar surface area (TPSA) is 89.0 Å². The van der Waals surface area contributed by atoms with Crippen LogP contribution in [0.1, 0.15) is 17.6 Å². The Hall–Kier alpha value is -2.30. The Morgan fingerprint density at radius 1 is 1.69 bits per heavy atom. The summed E-state index contributed by atoms with van der Waals surface area (Å²) in [5.41, 5.74) is -1.51. The number of halogens is 2. The summed E-state index contributed by atoms with van der Waals surface area (Å²) in [6.45, 7) is 0. The van der Waals surface area contributed by atoms with Crippen molar-refractivity contribution in [3.8, 4) is 11.9 Å². The summed E-state index contributed by atoms with van der Waals surface area (Å²) >= 11 is 0. The molecule has 0 aliphatic carbocycles. The van der Waals surface area contributed by atoms with Crippen LogP contribution in [0.25, 0.3) is 0 Å². The highest BCUT2D eigenvalue weighted by atomic mass is 19.3. The van der Waals surface area contributed by atoms with Gasteiger partial charge in [-0.05, 0) is 4.92 Å². The molecular formula is C8H5F2N3O3. The van der Waals surface area contributed by atoms with Gasteiger partial charge in [0.15, 0.2) is 0 Å². The van der Waals surface area contributed by atoms with E-state index in [1.165, 1.54) is 6.07 Å². The summed E-state index contributed by atoms with van der Waals surface area (Å²) in [5, 5.41) is 19.1. The van der Waals surface area contributed by atoms with E-state index in [2.05, 4.69) is 9.72 Å². The van der Waals surface area contributed by atoms with Crippen molar-refractivity contribution in [1.82, 2.24) is 4.98 Å². The lowest BCUT2D eigenvalue weighted by atomic mass is 10.1. The second-order valence-electron chi connectivity index (χ2n) is 2.62. The number of rotatable bonds is 3. The highest BCUT2D eigenvalue weighted by Crippen LogP contribution is 2.32. The number of nitrogens with zero attached hydrogens (tertiary/aromatic N) is 3. The molecule has 1 aromatic rings. The van der Waals surface area contributed by atoms with E-state index in [4.69, 9.17) is 5.26 Å². The van der Waals surface area contributed by atoms with Crippen LogP contribution in [0, 0.1) is 21.4 Å². The van der Waals surface area contributed by atoms with Crippen LogP contribution in [0.2, 0.25) is 0 Å². The number of alkyl halides is 2. The lowest BCUT2D eigenvalue weighted by Gasteiger charge is -2.04. The molecule has 1 rings (SSSR count). The summed E-state index contributed by atoms with van der Waals surface area (Å²) in [6.07, 6.45) is -3.14. The standard InChI is InChI=1S/C8H5F2N3O3/c1-16-5-2-4(3-11)6(7(9)10)8(12-5)13(14)15/h2,7H,1H3. The predicted molar refractivity (Wildman–Crippen MR) is 47.1 cm³/mol. The molecule has 84 valence electrons. The van der Waals surface area contributed by atoms with Gasteiger partial charge in [0.2, 0.25) is 0 Å². The Bertz CT molecular complexity index is 470. The highest BCUT2D eigenvalue weighted by molar-refractivity contribution is 5.49. The van der Waals surface area contributed by atoms with Crippen LogP contribution in [-0.4, -0.2) is 17.0 Å². The Morgan fingerprint density at radius 3 is 2.69 bits per heavy atom. The van der Waals surface area contributed by atoms with E-state index in [1.807, 2.05) is 0 Å². The first-order valence-electron chi connectivity index (χ1n) is 3.92. The quantitative estimate of drug-likeness (QED) is 0.582. The first-order valence-corrected chi connectivity index (χ1v) is 3.92. The second-order valence-corrected chi connectivity index (χ2v) is 2.62. The van der Waals surface area contributed by atoms with Crippen molar-refractivity contribution in [1.29, 1.82) is 5.26 Å². The van der Waals surface area contributed by atoms with Gasteiger partial charge in [0, 0.05) is 11.1 Å². The molecule has 8 heteroatoms. The number of nitriles is 1. The Kier molecular flexibility index (Phi) is 3.30. The van der Waals surface area contributed by atoms with Gasteiger partial charge in [-0.25, -0.2) is 8.78 Å². The van der Waals surface area contributed by atoms with Gasteiger partial charge in [-0.1, -0.05) is 0 Å². The molecule has 0 aliphatic rings. The van der Waals surface area contributed by atoms with Crippen LogP contribution in [0.5, 0.6) is 5.88 Å². The third kappa shape index (κ3) is 2.03. The molecule has 0 amide bonds. The smallest absolute Gasteiger partial charge is 0.378 e. The van der Waals surface area contributed by atoms with Crippen LogP contribution in [0.4, 0.5) is 14.6 Å². The number of hydrogen-bond donors (Lipinski definition) is 0. The van der Waals surface area contributed by atoms with Crippen molar-refractivity contribution in [3.63, 3.8) is 0 Å². The zero-order valence-corrected chi connectivity index (χ0v) is 7.98. The predicted octanol–water partition coefficient (Wildman–Crippen LogP) is 1.81. The van der Waals surface area contributed by atoms with E-state index < -0.39 is 28.3 Å². The molecule has 0 saturated carbocycles. The highest BCUT2D eigenvalue weighted by Gasteiger charge is 2.29. The first-order chi connectivity index (χ1) is 7.51. The van der Waals surface area contributed by atoms with Gasteiger partial charge in [0.25, 0.3) is 6.43 Å². The van der Waals surface area contributed by atoms with Gasteiger partial charge >= 0.3 is 11.7 Å². The van der Waals surface area contributed by atoms with E-state index >= 15 is 0 Å². The van der Waals surface area contributed by atoms with Crippen LogP contribution in [-0.2, 0) is 0 Å². The minimum Gasteiger partial charge on any atom is -0.463 e. The Morgan fingerprint density at radius 2 is 2.31 bits per heavy atom. The summed E-state index contributed by atoms with van der Waals surface area (Å²) in [6, 6.07) is 2.37. The maximum absolute atomic E-state index is 12.5. The van der Waals surface area contributed by atoms with Gasteiger partial charge in [-0.3, -0.25) is 0 Å². The molecule has 16 heavy (non-hydrogen) atoms. The van der Waals surface area contributed by atoms with Crippen LogP contribution < -0.4 is 4.74 Å². The van der Waals surface area contributed by atoms with Crippen molar-refractivity contribution in [2.24, 2.45) is 0 Å². The molecule has 0 unspecified atom stereocenters. The number of aromatic nitrogens is 1. The molecule has 0 atom stereocenters. The number of methoxy groups -OCH3 is 1. The minimum absolute atomic E-state index is 0.257. The van der Waals surface area contributed by atoms with Crippen molar-refractivity contribution in [2.75, 3.05) is 7.11 Å². The average Bonchev–Trinajstić information content (AvgIpc) is 2.26. The van der Waals surface area contributed by atoms with Crippen molar-refractivity contribution in [2.45, 2.75) is 6.43 Å². The van der Waals surface area contributed by atoms with Crippen molar-refractivity contribution >= 4 is 5.82 Å². The zero-order chi connectivity index (χ0) is 12.3. The number of ether oxygens (including phenoxy) is 1. The number of pyridine rings is 1. The lowest BCUT2D eigenvalue weighted by Crippen LogP contribution is -2.03. The molecule has 0 radical (unpaired) electrons. The molecule has 0 aromatic carbocycles. The van der Waals surface area contributed by atoms with E-state index in [0.717, 1.165) is 13.2 Å². The minimum atomic E-state index is -3.14. The second kappa shape index (κ2) is 4.48. The summed E-state index contributed by atoms with van der Waals surface area (Å²) in [7, 11) is 1.16. The molecule has 6 nitrogen and oxygen atoms in total. The molecule has 0 fully saturated rings. The van der Waals surface area contributed by atoms with Crippen molar-refractivity contribution in [3.05, 3.63) is 27.3 Å². The normalized spacial score (nSPS) is 9.94. The fourth-order valence-corrected chi connectivity index (χ4v) is 1.07. The summed E-state index contributed by atoms with van der Waals surface area (Å²) < 4.78 is 29.6. The molecule has 0 aliphatic heterocycles. The third-order valence-electron chi connectivity index (χ3n) is 1.74. The zero-order valence-electron chi connectivity index (χ0n) is 7.98. The fourth-order valence-electron chi connectivity index (χ4n) is 1.07. The maximum Gasteiger partial charge on any atom is 0.378 e. The number of hydrogen-bond acceptors (Lipinski definition) is 5. The monoisotopic (exact) mass is 229 g/mol. The molecule has 0 spiro atoms. The van der Waals surface area contributed by atoms with Gasteiger partial charge in [0.05, 0.1) is 12.7 Å². The van der Waals surface area contributed by atoms with Crippen LogP contribution in [0.15, 0.2) is 6.07 Å². The molecule has 0 saturated heterocycles. The molecule has 0 N–H and O–H groups in total. The van der Waals surface area contributed by atoms with E-state index in [0.29, 0.717) is 0 Å². The largest absolute Gasteiger partial charge is 0.463 e. The molecule has 1 aromatic heterocycles. The Labute approximate surface area is 88.2 Å². The van der Waals surface area contributed by atoms with Crippen LogP contribution in [0.3, 0.4) is 0 Å². The van der Waals surface area contributed by atoms with Gasteiger partial charge < -0.3 is 14.9 Å². The maximum atomic E-state index is 12.5. The Balaban J connectivity index is 3.55. The third-order valence-corrected chi connectivity index (χ3v) is 1.74. The first kappa shape index (κ1) is 11.8. The number of nitro groups is 1. The van der Waals surface area contributed by atoms with Crippen molar-refractivity contribution < 1.29 is 18.4 Å². The van der Waals surface area contributed by atoms with Gasteiger partial charge in [-0.15, -0.1) is 0 Å². The molecular weight excluding hydrogens is 224 g/mol. The van der Waals surface area contributed by atoms with E-state index in [9.17, 15) is 18.9 Å². The molecule has 0 bridgehead atoms. The van der Waals surface area contributed by atoms with Gasteiger partial charge in [0.1, 0.15) is 11.6 Å². The SMILES string of the molecule is COc1cc(C#N)c(C(F)F)c([N+](=O)[O-])n1. The average molecular weight is 229 g/mol. The summed E-state index contributed by atoms with van der Waals surface area (Å²) in [4.78, 5) is 12.7. The van der Waals surface area contributed by atoms with E-state index in [1.54, 1.807) is 0 Å². The molecule has 1 heterocycles.